The van der Waals surface area contributed by atoms with Gasteiger partial charge in [0.05, 0.1) is 18.6 Å². The highest BCUT2D eigenvalue weighted by molar-refractivity contribution is 5.71. The molecule has 0 radical (unpaired) electrons. The van der Waals surface area contributed by atoms with Crippen LogP contribution in [-0.2, 0) is 19.0 Å². The van der Waals surface area contributed by atoms with Crippen molar-refractivity contribution in [2.75, 3.05) is 13.2 Å². The van der Waals surface area contributed by atoms with Crippen LogP contribution in [0.15, 0.2) is 0 Å². The van der Waals surface area contributed by atoms with Gasteiger partial charge in [0.25, 0.3) is 0 Å². The molecule has 0 saturated carbocycles. The summed E-state index contributed by atoms with van der Waals surface area (Å²) in [6, 6.07) is 0. The minimum atomic E-state index is -1.11. The number of ether oxygens (including phenoxy) is 3. The summed E-state index contributed by atoms with van der Waals surface area (Å²) < 4.78 is 16.0. The summed E-state index contributed by atoms with van der Waals surface area (Å²) in [5.74, 6) is -0.394. The Bertz CT molecular complexity index is 287. The van der Waals surface area contributed by atoms with Crippen LogP contribution in [0.25, 0.3) is 0 Å². The molecule has 1 rings (SSSR count). The summed E-state index contributed by atoms with van der Waals surface area (Å²) in [7, 11) is 0. The summed E-state index contributed by atoms with van der Waals surface area (Å²) in [5.41, 5.74) is -1.64. The number of rotatable bonds is 6. The van der Waals surface area contributed by atoms with Crippen molar-refractivity contribution in [2.24, 2.45) is 0 Å². The van der Waals surface area contributed by atoms with E-state index < -0.39 is 17.2 Å². The Balaban J connectivity index is 2.24. The van der Waals surface area contributed by atoms with Gasteiger partial charge in [-0.2, -0.15) is 0 Å². The summed E-state index contributed by atoms with van der Waals surface area (Å²) in [4.78, 5) is 11.6. The smallest absolute Gasteiger partial charge is 0.309 e. The molecule has 0 aromatic heterocycles. The monoisotopic (exact) mass is 274 g/mol. The van der Waals surface area contributed by atoms with Crippen molar-refractivity contribution in [1.29, 1.82) is 0 Å². The number of carbonyl (C=O) groups is 1. The van der Waals surface area contributed by atoms with Gasteiger partial charge in [0.2, 0.25) is 0 Å². The van der Waals surface area contributed by atoms with E-state index >= 15 is 0 Å². The molecule has 1 aliphatic rings. The van der Waals surface area contributed by atoms with E-state index in [0.717, 1.165) is 19.4 Å². The molecule has 1 saturated heterocycles. The molecule has 19 heavy (non-hydrogen) atoms. The first-order valence-corrected chi connectivity index (χ1v) is 6.85. The normalized spacial score (nSPS) is 23.1. The van der Waals surface area contributed by atoms with Gasteiger partial charge in [0.15, 0.2) is 6.29 Å². The van der Waals surface area contributed by atoms with Crippen molar-refractivity contribution in [2.45, 2.75) is 70.9 Å². The molecule has 0 spiro atoms. The second kappa shape index (κ2) is 6.68. The largest absolute Gasteiger partial charge is 0.460 e. The highest BCUT2D eigenvalue weighted by Gasteiger charge is 2.28. The second-order valence-electron chi connectivity index (χ2n) is 6.32. The standard InChI is InChI=1S/C14H26O5/c1-13(2,3)19-11(15)10-14(4,16)7-9-18-12-6-5-8-17-12/h12,16H,5-10H2,1-4H3. The second-order valence-corrected chi connectivity index (χ2v) is 6.32. The topological polar surface area (TPSA) is 65.0 Å². The molecule has 1 N–H and O–H groups in total. The van der Waals surface area contributed by atoms with Gasteiger partial charge >= 0.3 is 5.97 Å². The minimum absolute atomic E-state index is 0.0286. The Morgan fingerprint density at radius 2 is 2.05 bits per heavy atom. The molecule has 5 heteroatoms. The number of carbonyl (C=O) groups excluding carboxylic acids is 1. The van der Waals surface area contributed by atoms with E-state index in [1.165, 1.54) is 0 Å². The van der Waals surface area contributed by atoms with Crippen LogP contribution >= 0.6 is 0 Å². The molecular weight excluding hydrogens is 248 g/mol. The van der Waals surface area contributed by atoms with E-state index in [1.807, 2.05) is 0 Å². The summed E-state index contributed by atoms with van der Waals surface area (Å²) in [6.07, 6.45) is 2.11. The first-order chi connectivity index (χ1) is 8.68. The van der Waals surface area contributed by atoms with Crippen LogP contribution in [0.5, 0.6) is 0 Å². The van der Waals surface area contributed by atoms with Crippen molar-refractivity contribution in [3.63, 3.8) is 0 Å². The minimum Gasteiger partial charge on any atom is -0.460 e. The summed E-state index contributed by atoms with van der Waals surface area (Å²) >= 11 is 0. The van der Waals surface area contributed by atoms with Crippen LogP contribution in [0.1, 0.15) is 53.4 Å². The number of esters is 1. The van der Waals surface area contributed by atoms with Gasteiger partial charge in [-0.15, -0.1) is 0 Å². The van der Waals surface area contributed by atoms with Gasteiger partial charge in [-0.25, -0.2) is 0 Å². The van der Waals surface area contributed by atoms with Crippen LogP contribution in [0.3, 0.4) is 0 Å². The lowest BCUT2D eigenvalue weighted by molar-refractivity contribution is -0.161. The molecule has 1 heterocycles. The number of aliphatic hydroxyl groups is 1. The molecule has 1 aliphatic heterocycles. The molecule has 0 aromatic rings. The van der Waals surface area contributed by atoms with Crippen molar-refractivity contribution >= 4 is 5.97 Å². The third-order valence-electron chi connectivity index (χ3n) is 2.78. The third-order valence-corrected chi connectivity index (χ3v) is 2.78. The fraction of sp³-hybridized carbons (Fsp3) is 0.929. The Hall–Kier alpha value is -0.650. The van der Waals surface area contributed by atoms with E-state index in [9.17, 15) is 9.90 Å². The fourth-order valence-corrected chi connectivity index (χ4v) is 1.87. The van der Waals surface area contributed by atoms with Gasteiger partial charge in [-0.1, -0.05) is 0 Å². The highest BCUT2D eigenvalue weighted by Crippen LogP contribution is 2.20. The Morgan fingerprint density at radius 1 is 1.37 bits per heavy atom. The maximum absolute atomic E-state index is 11.6. The van der Waals surface area contributed by atoms with E-state index in [2.05, 4.69) is 0 Å². The molecule has 2 atom stereocenters. The van der Waals surface area contributed by atoms with Crippen LogP contribution in [0.2, 0.25) is 0 Å². The van der Waals surface area contributed by atoms with Crippen LogP contribution in [0.4, 0.5) is 0 Å². The number of hydrogen-bond acceptors (Lipinski definition) is 5. The Kier molecular flexibility index (Phi) is 5.77. The predicted molar refractivity (Wildman–Crippen MR) is 70.6 cm³/mol. The molecule has 0 aromatic carbocycles. The van der Waals surface area contributed by atoms with Crippen molar-refractivity contribution in [3.8, 4) is 0 Å². The lowest BCUT2D eigenvalue weighted by atomic mass is 9.98. The summed E-state index contributed by atoms with van der Waals surface area (Å²) in [6.45, 7) is 8.15. The fourth-order valence-electron chi connectivity index (χ4n) is 1.87. The molecule has 0 bridgehead atoms. The molecule has 0 amide bonds. The van der Waals surface area contributed by atoms with E-state index in [0.29, 0.717) is 13.0 Å². The lowest BCUT2D eigenvalue weighted by Crippen LogP contribution is -2.34. The Morgan fingerprint density at radius 3 is 2.58 bits per heavy atom. The zero-order valence-corrected chi connectivity index (χ0v) is 12.4. The molecule has 5 nitrogen and oxygen atoms in total. The van der Waals surface area contributed by atoms with Crippen molar-refractivity contribution in [3.05, 3.63) is 0 Å². The molecule has 112 valence electrons. The lowest BCUT2D eigenvalue weighted by Gasteiger charge is -2.26. The van der Waals surface area contributed by atoms with Gasteiger partial charge in [-0.3, -0.25) is 4.79 Å². The zero-order chi connectivity index (χ0) is 14.5. The predicted octanol–water partition coefficient (Wildman–Crippen LogP) is 2.01. The third kappa shape index (κ3) is 7.50. The molecular formula is C14H26O5. The van der Waals surface area contributed by atoms with Gasteiger partial charge in [0.1, 0.15) is 5.60 Å². The quantitative estimate of drug-likeness (QED) is 0.751. The van der Waals surface area contributed by atoms with E-state index in [1.54, 1.807) is 27.7 Å². The average molecular weight is 274 g/mol. The maximum Gasteiger partial charge on any atom is 0.309 e. The van der Waals surface area contributed by atoms with Crippen LogP contribution in [-0.4, -0.2) is 41.8 Å². The van der Waals surface area contributed by atoms with Crippen LogP contribution < -0.4 is 0 Å². The first-order valence-electron chi connectivity index (χ1n) is 6.85. The van der Waals surface area contributed by atoms with E-state index in [4.69, 9.17) is 14.2 Å². The number of hydrogen-bond donors (Lipinski definition) is 1. The first kappa shape index (κ1) is 16.4. The van der Waals surface area contributed by atoms with E-state index in [-0.39, 0.29) is 12.7 Å². The molecule has 0 aliphatic carbocycles. The van der Waals surface area contributed by atoms with Gasteiger partial charge in [-0.05, 0) is 40.5 Å². The summed E-state index contributed by atoms with van der Waals surface area (Å²) in [5, 5.41) is 10.1. The van der Waals surface area contributed by atoms with Gasteiger partial charge < -0.3 is 19.3 Å². The average Bonchev–Trinajstić information content (AvgIpc) is 2.65. The van der Waals surface area contributed by atoms with Crippen molar-refractivity contribution < 1.29 is 24.1 Å². The van der Waals surface area contributed by atoms with Crippen molar-refractivity contribution in [1.82, 2.24) is 0 Å². The Labute approximate surface area is 115 Å². The van der Waals surface area contributed by atoms with Crippen LogP contribution in [0, 0.1) is 0 Å². The highest BCUT2D eigenvalue weighted by atomic mass is 16.7. The zero-order valence-electron chi connectivity index (χ0n) is 12.4. The van der Waals surface area contributed by atoms with Gasteiger partial charge in [0, 0.05) is 13.0 Å². The SMILES string of the molecule is CC(O)(CCOC1CCCO1)CC(=O)OC(C)(C)C. The maximum atomic E-state index is 11.6. The molecule has 2 unspecified atom stereocenters. The molecule has 1 fully saturated rings.